The van der Waals surface area contributed by atoms with Gasteiger partial charge in [0.2, 0.25) is 5.91 Å². The first-order valence-corrected chi connectivity index (χ1v) is 6.52. The Labute approximate surface area is 118 Å². The minimum absolute atomic E-state index is 0.152. The molecule has 0 aliphatic carbocycles. The van der Waals surface area contributed by atoms with Gasteiger partial charge in [0.05, 0.1) is 6.04 Å². The molecular weight excluding hydrogens is 290 g/mol. The highest BCUT2D eigenvalue weighted by atomic mass is 32.2. The number of thioether (sulfide) groups is 1. The van der Waals surface area contributed by atoms with E-state index in [9.17, 15) is 18.4 Å². The third-order valence-electron chi connectivity index (χ3n) is 2.30. The van der Waals surface area contributed by atoms with Gasteiger partial charge in [-0.3, -0.25) is 4.79 Å². The molecule has 8 heteroatoms. The van der Waals surface area contributed by atoms with E-state index in [4.69, 9.17) is 10.8 Å². The van der Waals surface area contributed by atoms with Crippen molar-refractivity contribution in [2.75, 3.05) is 0 Å². The average Bonchev–Trinajstić information content (AvgIpc) is 2.38. The molecule has 0 aliphatic heterocycles. The minimum Gasteiger partial charge on any atom is -0.479 e. The number of halogens is 2. The summed E-state index contributed by atoms with van der Waals surface area (Å²) >= 11 is 0.831. The van der Waals surface area contributed by atoms with Gasteiger partial charge >= 0.3 is 5.97 Å². The summed E-state index contributed by atoms with van der Waals surface area (Å²) in [5.74, 6) is -1.85. The molecule has 0 bridgehead atoms. The Morgan fingerprint density at radius 1 is 1.30 bits per heavy atom. The van der Waals surface area contributed by atoms with E-state index in [0.717, 1.165) is 11.8 Å². The molecule has 0 radical (unpaired) electrons. The number of benzene rings is 1. The molecule has 20 heavy (non-hydrogen) atoms. The first kappa shape index (κ1) is 16.4. The second-order valence-electron chi connectivity index (χ2n) is 4.00. The second kappa shape index (κ2) is 7.20. The summed E-state index contributed by atoms with van der Waals surface area (Å²) in [7, 11) is 0. The van der Waals surface area contributed by atoms with Gasteiger partial charge in [-0.15, -0.1) is 0 Å². The van der Waals surface area contributed by atoms with E-state index in [2.05, 4.69) is 5.32 Å². The largest absolute Gasteiger partial charge is 0.479 e. The van der Waals surface area contributed by atoms with Crippen molar-refractivity contribution in [1.82, 2.24) is 5.32 Å². The van der Waals surface area contributed by atoms with Crippen molar-refractivity contribution in [3.05, 3.63) is 29.8 Å². The van der Waals surface area contributed by atoms with Crippen LogP contribution in [0.3, 0.4) is 0 Å². The lowest BCUT2D eigenvalue weighted by atomic mass is 10.2. The standard InChI is InChI=1S/C12H14F2N2O3S/c1-6(15)10(17)16-11(12(18)19)20-8-4-2-7(3-5-8)9(13)14/h2-6,9,11H,15H2,1H3,(H,16,17)(H,18,19)/t6-,11+/m1/s1. The molecule has 0 heterocycles. The maximum absolute atomic E-state index is 12.4. The number of aliphatic carboxylic acids is 1. The number of carboxylic acids is 1. The number of rotatable bonds is 6. The number of hydrogen-bond acceptors (Lipinski definition) is 4. The van der Waals surface area contributed by atoms with E-state index in [1.165, 1.54) is 31.2 Å². The lowest BCUT2D eigenvalue weighted by Gasteiger charge is -2.15. The number of carbonyl (C=O) groups is 2. The molecular formula is C12H14F2N2O3S. The van der Waals surface area contributed by atoms with Crippen molar-refractivity contribution in [2.45, 2.75) is 29.7 Å². The number of alkyl halides is 2. The summed E-state index contributed by atoms with van der Waals surface area (Å²) in [5, 5.41) is 10.0. The van der Waals surface area contributed by atoms with E-state index in [1.807, 2.05) is 0 Å². The summed E-state index contributed by atoms with van der Waals surface area (Å²) < 4.78 is 24.8. The Morgan fingerprint density at radius 2 is 1.85 bits per heavy atom. The summed E-state index contributed by atoms with van der Waals surface area (Å²) in [6.45, 7) is 1.43. The SMILES string of the molecule is C[C@@H](N)C(=O)N[C@@H](Sc1ccc(C(F)F)cc1)C(=O)O. The summed E-state index contributed by atoms with van der Waals surface area (Å²) in [4.78, 5) is 22.9. The highest BCUT2D eigenvalue weighted by Gasteiger charge is 2.22. The first-order chi connectivity index (χ1) is 9.31. The molecule has 0 aliphatic rings. The van der Waals surface area contributed by atoms with Crippen LogP contribution in [0.1, 0.15) is 18.9 Å². The van der Waals surface area contributed by atoms with Crippen LogP contribution < -0.4 is 11.1 Å². The van der Waals surface area contributed by atoms with Gasteiger partial charge in [0, 0.05) is 10.5 Å². The molecule has 4 N–H and O–H groups in total. The van der Waals surface area contributed by atoms with Crippen LogP contribution in [0.2, 0.25) is 0 Å². The summed E-state index contributed by atoms with van der Waals surface area (Å²) in [5.41, 5.74) is 5.18. The van der Waals surface area contributed by atoms with Crippen molar-refractivity contribution in [1.29, 1.82) is 0 Å². The molecule has 1 aromatic carbocycles. The Balaban J connectivity index is 2.75. The Morgan fingerprint density at radius 3 is 2.25 bits per heavy atom. The van der Waals surface area contributed by atoms with E-state index >= 15 is 0 Å². The van der Waals surface area contributed by atoms with Gasteiger partial charge in [-0.25, -0.2) is 13.6 Å². The summed E-state index contributed by atoms with van der Waals surface area (Å²) in [6, 6.07) is 4.33. The van der Waals surface area contributed by atoms with Crippen LogP contribution in [0.25, 0.3) is 0 Å². The Kier molecular flexibility index (Phi) is 5.90. The summed E-state index contributed by atoms with van der Waals surface area (Å²) in [6.07, 6.45) is -2.58. The number of amides is 1. The van der Waals surface area contributed by atoms with Gasteiger partial charge in [0.25, 0.3) is 6.43 Å². The van der Waals surface area contributed by atoms with Gasteiger partial charge in [0.15, 0.2) is 5.37 Å². The zero-order valence-corrected chi connectivity index (χ0v) is 11.4. The minimum atomic E-state index is -2.58. The molecule has 0 unspecified atom stereocenters. The van der Waals surface area contributed by atoms with Crippen molar-refractivity contribution >= 4 is 23.6 Å². The van der Waals surface area contributed by atoms with Crippen molar-refractivity contribution in [3.63, 3.8) is 0 Å². The van der Waals surface area contributed by atoms with Crippen molar-refractivity contribution in [3.8, 4) is 0 Å². The van der Waals surface area contributed by atoms with E-state index in [1.54, 1.807) is 0 Å². The second-order valence-corrected chi connectivity index (χ2v) is 5.18. The number of hydrogen-bond donors (Lipinski definition) is 3. The Bertz CT molecular complexity index is 480. The van der Waals surface area contributed by atoms with Crippen LogP contribution in [-0.2, 0) is 9.59 Å². The van der Waals surface area contributed by atoms with Gasteiger partial charge in [0.1, 0.15) is 0 Å². The lowest BCUT2D eigenvalue weighted by molar-refractivity contribution is -0.139. The molecule has 110 valence electrons. The smallest absolute Gasteiger partial charge is 0.337 e. The van der Waals surface area contributed by atoms with Gasteiger partial charge in [-0.2, -0.15) is 0 Å². The molecule has 0 fully saturated rings. The van der Waals surface area contributed by atoms with Crippen LogP contribution >= 0.6 is 11.8 Å². The molecule has 1 amide bonds. The van der Waals surface area contributed by atoms with Gasteiger partial charge < -0.3 is 16.2 Å². The fourth-order valence-corrected chi connectivity index (χ4v) is 2.07. The Hall–Kier alpha value is -1.67. The maximum Gasteiger partial charge on any atom is 0.337 e. The highest BCUT2D eigenvalue weighted by Crippen LogP contribution is 2.25. The van der Waals surface area contributed by atoms with Crippen LogP contribution in [-0.4, -0.2) is 28.4 Å². The monoisotopic (exact) mass is 304 g/mol. The van der Waals surface area contributed by atoms with Gasteiger partial charge in [-0.1, -0.05) is 23.9 Å². The lowest BCUT2D eigenvalue weighted by Crippen LogP contribution is -2.45. The first-order valence-electron chi connectivity index (χ1n) is 5.64. The van der Waals surface area contributed by atoms with E-state index < -0.39 is 29.7 Å². The fourth-order valence-electron chi connectivity index (χ4n) is 1.23. The molecule has 0 aromatic heterocycles. The molecule has 0 saturated heterocycles. The van der Waals surface area contributed by atoms with Crippen LogP contribution in [0.4, 0.5) is 8.78 Å². The maximum atomic E-state index is 12.4. The molecule has 1 aromatic rings. The topological polar surface area (TPSA) is 92.4 Å². The number of carbonyl (C=O) groups excluding carboxylic acids is 1. The molecule has 0 spiro atoms. The molecule has 2 atom stereocenters. The highest BCUT2D eigenvalue weighted by molar-refractivity contribution is 8.00. The predicted molar refractivity (Wildman–Crippen MR) is 70.5 cm³/mol. The van der Waals surface area contributed by atoms with Crippen molar-refractivity contribution < 1.29 is 23.5 Å². The zero-order chi connectivity index (χ0) is 15.3. The quantitative estimate of drug-likeness (QED) is 0.548. The molecule has 1 rings (SSSR count). The predicted octanol–water partition coefficient (Wildman–Crippen LogP) is 1.59. The average molecular weight is 304 g/mol. The third kappa shape index (κ3) is 4.78. The molecule has 5 nitrogen and oxygen atoms in total. The fraction of sp³-hybridized carbons (Fsp3) is 0.333. The number of nitrogens with one attached hydrogen (secondary N) is 1. The van der Waals surface area contributed by atoms with Crippen LogP contribution in [0, 0.1) is 0 Å². The molecule has 0 saturated carbocycles. The number of carboxylic acid groups (broad SMARTS) is 1. The van der Waals surface area contributed by atoms with Crippen molar-refractivity contribution in [2.24, 2.45) is 5.73 Å². The normalized spacial score (nSPS) is 13.8. The van der Waals surface area contributed by atoms with Gasteiger partial charge in [-0.05, 0) is 19.1 Å². The number of nitrogens with two attached hydrogens (primary N) is 1. The van der Waals surface area contributed by atoms with E-state index in [0.29, 0.717) is 4.90 Å². The van der Waals surface area contributed by atoms with E-state index in [-0.39, 0.29) is 5.56 Å². The third-order valence-corrected chi connectivity index (χ3v) is 3.40. The zero-order valence-electron chi connectivity index (χ0n) is 10.5. The van der Waals surface area contributed by atoms with Crippen LogP contribution in [0.15, 0.2) is 29.2 Å². The van der Waals surface area contributed by atoms with Crippen LogP contribution in [0.5, 0.6) is 0 Å².